The van der Waals surface area contributed by atoms with E-state index in [-0.39, 0.29) is 54.6 Å². The van der Waals surface area contributed by atoms with Gasteiger partial charge in [0.2, 0.25) is 11.8 Å². The van der Waals surface area contributed by atoms with E-state index in [9.17, 15) is 24.3 Å². The van der Waals surface area contributed by atoms with Crippen LogP contribution in [-0.4, -0.2) is 53.7 Å². The summed E-state index contributed by atoms with van der Waals surface area (Å²) in [7, 11) is 0. The minimum Gasteiger partial charge on any atom is -0.508 e. The Labute approximate surface area is 281 Å². The molecule has 2 saturated heterocycles. The highest BCUT2D eigenvalue weighted by Crippen LogP contribution is 2.66. The summed E-state index contributed by atoms with van der Waals surface area (Å²) >= 11 is 19.2. The largest absolute Gasteiger partial charge is 0.508 e. The third kappa shape index (κ3) is 4.51. The van der Waals surface area contributed by atoms with Gasteiger partial charge in [-0.2, -0.15) is 0 Å². The van der Waals surface area contributed by atoms with Gasteiger partial charge in [-0.3, -0.25) is 29.0 Å². The second-order valence-corrected chi connectivity index (χ2v) is 14.6. The Balaban J connectivity index is 1.30. The number of allylic oxidation sites excluding steroid dienone is 2. The van der Waals surface area contributed by atoms with Gasteiger partial charge in [0.15, 0.2) is 9.75 Å². The molecule has 6 unspecified atom stereocenters. The van der Waals surface area contributed by atoms with Crippen molar-refractivity contribution in [2.45, 2.75) is 41.7 Å². The molecule has 6 atom stereocenters. The lowest BCUT2D eigenvalue weighted by atomic mass is 9.56. The molecule has 0 spiro atoms. The van der Waals surface area contributed by atoms with Gasteiger partial charge < -0.3 is 9.84 Å². The third-order valence-electron chi connectivity index (χ3n) is 9.56. The molecule has 1 aromatic heterocycles. The van der Waals surface area contributed by atoms with Crippen molar-refractivity contribution in [3.05, 3.63) is 93.7 Å². The number of alkyl halides is 3. The summed E-state index contributed by atoms with van der Waals surface area (Å²) in [5, 5.41) is 13.3. The van der Waals surface area contributed by atoms with E-state index in [0.717, 1.165) is 15.3 Å². The molecule has 4 amide bonds. The normalized spacial score (nSPS) is 30.7. The summed E-state index contributed by atoms with van der Waals surface area (Å²) < 4.78 is 5.91. The monoisotopic (exact) mass is 728 g/mol. The second kappa shape index (κ2) is 11.3. The van der Waals surface area contributed by atoms with Crippen LogP contribution in [-0.2, 0) is 32.3 Å². The first-order valence-electron chi connectivity index (χ1n) is 14.5. The number of phenolic OH excluding ortho intramolecular Hbond substituents is 1. The number of benzene rings is 2. The van der Waals surface area contributed by atoms with Gasteiger partial charge in [-0.1, -0.05) is 70.0 Å². The fourth-order valence-corrected chi connectivity index (χ4v) is 9.59. The number of hydrogen-bond acceptors (Lipinski definition) is 7. The second-order valence-electron chi connectivity index (χ2n) is 11.8. The fourth-order valence-electron chi connectivity index (χ4n) is 7.48. The number of thiophene rings is 1. The SMILES string of the molecule is O=C1C2CC=C3C(CC4(Cl)C(=O)N(CBr)C(=O)C4(Cl)C3c3ccc(OCc4ccccc4)cc3O)C2C(=O)N1Cc1cccs1. The zero-order valence-corrected chi connectivity index (χ0v) is 27.6. The van der Waals surface area contributed by atoms with Crippen molar-refractivity contribution in [1.82, 2.24) is 9.80 Å². The van der Waals surface area contributed by atoms with Gasteiger partial charge in [0, 0.05) is 22.4 Å². The number of amides is 4. The van der Waals surface area contributed by atoms with E-state index in [1.54, 1.807) is 12.1 Å². The maximum absolute atomic E-state index is 14.0. The predicted molar refractivity (Wildman–Crippen MR) is 172 cm³/mol. The van der Waals surface area contributed by atoms with Crippen molar-refractivity contribution in [2.24, 2.45) is 17.8 Å². The average molecular weight is 730 g/mol. The van der Waals surface area contributed by atoms with E-state index in [0.29, 0.717) is 11.3 Å². The average Bonchev–Trinajstić information content (AvgIpc) is 3.68. The topological polar surface area (TPSA) is 104 Å². The summed E-state index contributed by atoms with van der Waals surface area (Å²) in [5.74, 6) is -4.91. The molecule has 45 heavy (non-hydrogen) atoms. The molecule has 3 fully saturated rings. The number of ether oxygens (including phenoxy) is 1. The van der Waals surface area contributed by atoms with Gasteiger partial charge in [-0.05, 0) is 41.8 Å². The van der Waals surface area contributed by atoms with Crippen LogP contribution < -0.4 is 4.74 Å². The quantitative estimate of drug-likeness (QED) is 0.140. The predicted octanol–water partition coefficient (Wildman–Crippen LogP) is 5.94. The number of likely N-dealkylation sites (tertiary alicyclic amines) is 2. The van der Waals surface area contributed by atoms with E-state index in [1.165, 1.54) is 22.3 Å². The summed E-state index contributed by atoms with van der Waals surface area (Å²) in [6, 6.07) is 18.0. The number of phenols is 1. The van der Waals surface area contributed by atoms with E-state index < -0.39 is 45.2 Å². The lowest BCUT2D eigenvalue weighted by molar-refractivity contribution is -0.141. The molecule has 2 aliphatic heterocycles. The molecule has 4 aliphatic rings. The van der Waals surface area contributed by atoms with Crippen molar-refractivity contribution < 1.29 is 29.0 Å². The number of rotatable bonds is 7. The number of aromatic hydroxyl groups is 1. The van der Waals surface area contributed by atoms with Crippen molar-refractivity contribution in [3.63, 3.8) is 0 Å². The van der Waals surface area contributed by atoms with Crippen LogP contribution >= 0.6 is 50.5 Å². The molecule has 0 bridgehead atoms. The summed E-state index contributed by atoms with van der Waals surface area (Å²) in [6.07, 6.45) is 2.00. The molecule has 0 radical (unpaired) electrons. The molecule has 1 N–H and O–H groups in total. The van der Waals surface area contributed by atoms with Gasteiger partial charge >= 0.3 is 0 Å². The first-order chi connectivity index (χ1) is 21.6. The molecule has 3 heterocycles. The fraction of sp³-hybridized carbons (Fsp3) is 0.333. The lowest BCUT2D eigenvalue weighted by Crippen LogP contribution is -2.60. The van der Waals surface area contributed by atoms with E-state index in [1.807, 2.05) is 53.9 Å². The number of nitrogens with zero attached hydrogens (tertiary/aromatic N) is 2. The molecule has 7 rings (SSSR count). The van der Waals surface area contributed by atoms with Crippen LogP contribution in [0.4, 0.5) is 0 Å². The van der Waals surface area contributed by atoms with Crippen LogP contribution in [0.2, 0.25) is 0 Å². The Hall–Kier alpha value is -3.18. The maximum Gasteiger partial charge on any atom is 0.254 e. The van der Waals surface area contributed by atoms with E-state index in [2.05, 4.69) is 15.9 Å². The Kier molecular flexibility index (Phi) is 7.62. The highest BCUT2D eigenvalue weighted by Gasteiger charge is 2.76. The first kappa shape index (κ1) is 30.5. The Morgan fingerprint density at radius 1 is 0.956 bits per heavy atom. The van der Waals surface area contributed by atoms with Crippen LogP contribution in [0.3, 0.4) is 0 Å². The smallest absolute Gasteiger partial charge is 0.254 e. The van der Waals surface area contributed by atoms with Gasteiger partial charge in [-0.25, -0.2) is 0 Å². The Morgan fingerprint density at radius 2 is 1.73 bits per heavy atom. The zero-order chi connectivity index (χ0) is 31.7. The molecular weight excluding hydrogens is 703 g/mol. The Morgan fingerprint density at radius 3 is 2.42 bits per heavy atom. The number of carbonyl (C=O) groups is 4. The van der Waals surface area contributed by atoms with Gasteiger partial charge in [-0.15, -0.1) is 34.5 Å². The first-order valence-corrected chi connectivity index (χ1v) is 17.2. The molecule has 232 valence electrons. The highest BCUT2D eigenvalue weighted by atomic mass is 79.9. The molecule has 8 nitrogen and oxygen atoms in total. The van der Waals surface area contributed by atoms with Crippen LogP contribution in [0.1, 0.15) is 34.8 Å². The molecular formula is C33H27BrCl2N2O6S. The number of carbonyl (C=O) groups excluding carboxylic acids is 4. The van der Waals surface area contributed by atoms with E-state index >= 15 is 0 Å². The number of halogens is 3. The van der Waals surface area contributed by atoms with Crippen molar-refractivity contribution in [2.75, 3.05) is 5.45 Å². The number of imide groups is 2. The minimum absolute atomic E-state index is 0.111. The van der Waals surface area contributed by atoms with Gasteiger partial charge in [0.25, 0.3) is 11.8 Å². The zero-order valence-electron chi connectivity index (χ0n) is 23.7. The van der Waals surface area contributed by atoms with Crippen molar-refractivity contribution in [3.8, 4) is 11.5 Å². The summed E-state index contributed by atoms with van der Waals surface area (Å²) in [5.41, 5.74) is 1.72. The van der Waals surface area contributed by atoms with Crippen LogP contribution in [0.25, 0.3) is 0 Å². The number of hydrogen-bond donors (Lipinski definition) is 1. The highest BCUT2D eigenvalue weighted by molar-refractivity contribution is 9.09. The summed E-state index contributed by atoms with van der Waals surface area (Å²) in [6.45, 7) is 0.439. The van der Waals surface area contributed by atoms with Crippen molar-refractivity contribution >= 4 is 74.1 Å². The number of fused-ring (bicyclic) bond motifs is 4. The molecule has 2 aromatic carbocycles. The standard InChI is InChI=1S/C33H27BrCl2N2O6S/c34-17-38-30(42)32(35)14-24-21(10-11-23-26(24)29(41)37(28(23)40)15-20-7-4-12-45-20)27(33(32,36)31(38)43)22-9-8-19(13-25(22)39)44-16-18-5-2-1-3-6-18/h1-10,12-13,23-24,26-27,39H,11,14-17H2. The Bertz CT molecular complexity index is 1750. The molecule has 12 heteroatoms. The molecule has 1 saturated carbocycles. The minimum atomic E-state index is -2.00. The van der Waals surface area contributed by atoms with Gasteiger partial charge in [0.1, 0.15) is 18.1 Å². The summed E-state index contributed by atoms with van der Waals surface area (Å²) in [4.78, 5) is 54.6. The van der Waals surface area contributed by atoms with E-state index in [4.69, 9.17) is 27.9 Å². The van der Waals surface area contributed by atoms with Gasteiger partial charge in [0.05, 0.1) is 23.8 Å². The van der Waals surface area contributed by atoms with Crippen LogP contribution in [0, 0.1) is 17.8 Å². The molecule has 2 aliphatic carbocycles. The van der Waals surface area contributed by atoms with Crippen LogP contribution in [0.15, 0.2) is 77.7 Å². The van der Waals surface area contributed by atoms with Crippen LogP contribution in [0.5, 0.6) is 11.5 Å². The third-order valence-corrected chi connectivity index (χ3v) is 12.3. The maximum atomic E-state index is 14.0. The van der Waals surface area contributed by atoms with Crippen molar-refractivity contribution in [1.29, 1.82) is 0 Å². The lowest BCUT2D eigenvalue weighted by Gasteiger charge is -2.50. The molecule has 3 aromatic rings.